The van der Waals surface area contributed by atoms with Crippen molar-refractivity contribution >= 4 is 11.6 Å². The molecule has 1 atom stereocenters. The number of nitrogens with one attached hydrogen (secondary N) is 2. The largest absolute Gasteiger partial charge is 0.381 e. The van der Waals surface area contributed by atoms with Gasteiger partial charge >= 0.3 is 0 Å². The third kappa shape index (κ3) is 4.26. The van der Waals surface area contributed by atoms with E-state index < -0.39 is 0 Å². The van der Waals surface area contributed by atoms with Gasteiger partial charge in [0.05, 0.1) is 0 Å². The van der Waals surface area contributed by atoms with E-state index in [4.69, 9.17) is 0 Å². The maximum absolute atomic E-state index is 12.8. The zero-order valence-electron chi connectivity index (χ0n) is 16.2. The van der Waals surface area contributed by atoms with Gasteiger partial charge in [-0.05, 0) is 48.4 Å². The number of aromatic amines is 1. The first-order valence-electron chi connectivity index (χ1n) is 9.65. The van der Waals surface area contributed by atoms with Gasteiger partial charge in [0.2, 0.25) is 0 Å². The molecule has 140 valence electrons. The lowest BCUT2D eigenvalue weighted by Crippen LogP contribution is -2.45. The van der Waals surface area contributed by atoms with Crippen molar-refractivity contribution in [2.75, 3.05) is 18.4 Å². The van der Waals surface area contributed by atoms with Gasteiger partial charge in [0.1, 0.15) is 5.69 Å². The number of carbonyl (C=O) groups excluding carboxylic acids is 1. The highest BCUT2D eigenvalue weighted by molar-refractivity contribution is 5.92. The van der Waals surface area contributed by atoms with Crippen LogP contribution in [0.4, 0.5) is 5.69 Å². The van der Waals surface area contributed by atoms with Crippen LogP contribution in [0.2, 0.25) is 0 Å². The number of aromatic nitrogens is 2. The molecule has 5 nitrogen and oxygen atoms in total. The predicted octanol–water partition coefficient (Wildman–Crippen LogP) is 4.37. The molecule has 1 aromatic heterocycles. The fraction of sp³-hybridized carbons (Fsp3) is 0.524. The van der Waals surface area contributed by atoms with Crippen LogP contribution in [0.15, 0.2) is 30.3 Å². The molecule has 2 N–H and O–H groups in total. The molecule has 2 aromatic rings. The van der Waals surface area contributed by atoms with Crippen LogP contribution >= 0.6 is 0 Å². The number of piperidine rings is 1. The molecular weight excluding hydrogens is 324 g/mol. The Morgan fingerprint density at radius 1 is 1.19 bits per heavy atom. The Kier molecular flexibility index (Phi) is 5.64. The fourth-order valence-corrected chi connectivity index (χ4v) is 3.38. The zero-order chi connectivity index (χ0) is 18.7. The van der Waals surface area contributed by atoms with Gasteiger partial charge in [-0.15, -0.1) is 0 Å². The molecule has 2 heterocycles. The molecule has 3 rings (SSSR count). The summed E-state index contributed by atoms with van der Waals surface area (Å²) < 4.78 is 0. The molecule has 1 amide bonds. The highest BCUT2D eigenvalue weighted by Crippen LogP contribution is 2.21. The number of anilines is 1. The second-order valence-electron chi connectivity index (χ2n) is 7.87. The van der Waals surface area contributed by atoms with E-state index in [-0.39, 0.29) is 11.9 Å². The Bertz CT molecular complexity index is 733. The van der Waals surface area contributed by atoms with E-state index in [0.29, 0.717) is 24.1 Å². The summed E-state index contributed by atoms with van der Waals surface area (Å²) in [7, 11) is 0. The molecule has 1 aromatic carbocycles. The summed E-state index contributed by atoms with van der Waals surface area (Å²) in [5.41, 5.74) is 3.99. The van der Waals surface area contributed by atoms with Crippen LogP contribution < -0.4 is 5.32 Å². The first-order chi connectivity index (χ1) is 12.4. The molecule has 5 heteroatoms. The summed E-state index contributed by atoms with van der Waals surface area (Å²) in [5.74, 6) is 0.903. The summed E-state index contributed by atoms with van der Waals surface area (Å²) in [4.78, 5) is 14.7. The molecule has 1 saturated heterocycles. The minimum absolute atomic E-state index is 0.0230. The van der Waals surface area contributed by atoms with Crippen LogP contribution in [-0.2, 0) is 0 Å². The van der Waals surface area contributed by atoms with Crippen molar-refractivity contribution in [3.8, 4) is 0 Å². The smallest absolute Gasteiger partial charge is 0.274 e. The Hall–Kier alpha value is -2.30. The maximum atomic E-state index is 12.8. The molecule has 0 spiro atoms. The van der Waals surface area contributed by atoms with E-state index in [1.807, 2.05) is 11.0 Å². The molecule has 1 fully saturated rings. The molecule has 1 aliphatic heterocycles. The van der Waals surface area contributed by atoms with Gasteiger partial charge < -0.3 is 10.2 Å². The predicted molar refractivity (Wildman–Crippen MR) is 106 cm³/mol. The summed E-state index contributed by atoms with van der Waals surface area (Å²) in [5, 5.41) is 10.8. The van der Waals surface area contributed by atoms with Gasteiger partial charge in [0, 0.05) is 30.5 Å². The van der Waals surface area contributed by atoms with E-state index in [9.17, 15) is 4.79 Å². The standard InChI is InChI=1S/C21H30N4O/c1-14(2)16-7-9-17(10-8-16)22-18-6-5-11-25(13-18)21(26)20-12-19(15(3)4)23-24-20/h7-10,12,14-15,18,22H,5-6,11,13H2,1-4H3,(H,23,24)/t18-/m1/s1. The minimum Gasteiger partial charge on any atom is -0.381 e. The second-order valence-corrected chi connectivity index (χ2v) is 7.87. The molecule has 0 radical (unpaired) electrons. The summed E-state index contributed by atoms with van der Waals surface area (Å²) in [6.07, 6.45) is 2.09. The van der Waals surface area contributed by atoms with Crippen LogP contribution in [0, 0.1) is 0 Å². The average Bonchev–Trinajstić information content (AvgIpc) is 3.12. The number of likely N-dealkylation sites (tertiary alicyclic amines) is 1. The normalized spacial score (nSPS) is 17.8. The van der Waals surface area contributed by atoms with Gasteiger partial charge in [-0.3, -0.25) is 9.89 Å². The number of carbonyl (C=O) groups is 1. The molecule has 26 heavy (non-hydrogen) atoms. The lowest BCUT2D eigenvalue weighted by molar-refractivity contribution is 0.0709. The molecule has 0 unspecified atom stereocenters. The van der Waals surface area contributed by atoms with Crippen molar-refractivity contribution in [1.29, 1.82) is 0 Å². The van der Waals surface area contributed by atoms with E-state index in [1.165, 1.54) is 5.56 Å². The van der Waals surface area contributed by atoms with Crippen LogP contribution in [0.25, 0.3) is 0 Å². The Labute approximate surface area is 156 Å². The van der Waals surface area contributed by atoms with Crippen molar-refractivity contribution in [3.05, 3.63) is 47.3 Å². The highest BCUT2D eigenvalue weighted by atomic mass is 16.2. The molecule has 0 bridgehead atoms. The van der Waals surface area contributed by atoms with E-state index in [1.54, 1.807) is 0 Å². The summed E-state index contributed by atoms with van der Waals surface area (Å²) in [6.45, 7) is 10.1. The minimum atomic E-state index is 0.0230. The molecule has 1 aliphatic rings. The number of H-pyrrole nitrogens is 1. The summed E-state index contributed by atoms with van der Waals surface area (Å²) >= 11 is 0. The molecule has 0 aliphatic carbocycles. The number of hydrogen-bond acceptors (Lipinski definition) is 3. The van der Waals surface area contributed by atoms with Crippen LogP contribution in [0.1, 0.15) is 74.1 Å². The van der Waals surface area contributed by atoms with E-state index in [2.05, 4.69) is 67.5 Å². The van der Waals surface area contributed by atoms with Gasteiger partial charge in [0.25, 0.3) is 5.91 Å². The zero-order valence-corrected chi connectivity index (χ0v) is 16.2. The second kappa shape index (κ2) is 7.94. The lowest BCUT2D eigenvalue weighted by Gasteiger charge is -2.33. The van der Waals surface area contributed by atoms with Crippen molar-refractivity contribution < 1.29 is 4.79 Å². The van der Waals surface area contributed by atoms with Gasteiger partial charge in [-0.1, -0.05) is 39.8 Å². The van der Waals surface area contributed by atoms with E-state index in [0.717, 1.165) is 30.8 Å². The maximum Gasteiger partial charge on any atom is 0.274 e. The van der Waals surface area contributed by atoms with Crippen molar-refractivity contribution in [1.82, 2.24) is 15.1 Å². The number of amides is 1. The summed E-state index contributed by atoms with van der Waals surface area (Å²) in [6, 6.07) is 10.8. The Morgan fingerprint density at radius 3 is 2.54 bits per heavy atom. The van der Waals surface area contributed by atoms with Crippen LogP contribution in [-0.4, -0.2) is 40.1 Å². The van der Waals surface area contributed by atoms with Crippen molar-refractivity contribution in [3.63, 3.8) is 0 Å². The lowest BCUT2D eigenvalue weighted by atomic mass is 10.0. The SMILES string of the molecule is CC(C)c1ccc(N[C@@H]2CCCN(C(=O)c3cc(C(C)C)[nH]n3)C2)cc1. The number of nitrogens with zero attached hydrogens (tertiary/aromatic N) is 2. The Morgan fingerprint density at radius 2 is 1.92 bits per heavy atom. The van der Waals surface area contributed by atoms with Crippen LogP contribution in [0.5, 0.6) is 0 Å². The van der Waals surface area contributed by atoms with E-state index >= 15 is 0 Å². The fourth-order valence-electron chi connectivity index (χ4n) is 3.38. The van der Waals surface area contributed by atoms with Crippen LogP contribution in [0.3, 0.4) is 0 Å². The van der Waals surface area contributed by atoms with Gasteiger partial charge in [-0.25, -0.2) is 0 Å². The molecule has 0 saturated carbocycles. The average molecular weight is 354 g/mol. The monoisotopic (exact) mass is 354 g/mol. The number of benzene rings is 1. The van der Waals surface area contributed by atoms with Gasteiger partial charge in [-0.2, -0.15) is 5.10 Å². The number of hydrogen-bond donors (Lipinski definition) is 2. The van der Waals surface area contributed by atoms with Crippen molar-refractivity contribution in [2.24, 2.45) is 0 Å². The van der Waals surface area contributed by atoms with Gasteiger partial charge in [0.15, 0.2) is 0 Å². The highest BCUT2D eigenvalue weighted by Gasteiger charge is 2.26. The number of rotatable bonds is 5. The third-order valence-electron chi connectivity index (χ3n) is 5.10. The Balaban J connectivity index is 1.62. The topological polar surface area (TPSA) is 61.0 Å². The third-order valence-corrected chi connectivity index (χ3v) is 5.10. The van der Waals surface area contributed by atoms with Crippen molar-refractivity contribution in [2.45, 2.75) is 58.4 Å². The quantitative estimate of drug-likeness (QED) is 0.838. The molecular formula is C21H30N4O. The first kappa shape index (κ1) is 18.5. The first-order valence-corrected chi connectivity index (χ1v) is 9.65.